The molecule has 9 heteroatoms. The number of hydrogen-bond donors (Lipinski definition) is 3. The number of esters is 1. The van der Waals surface area contributed by atoms with Crippen molar-refractivity contribution in [2.45, 2.75) is 65.1 Å². The molecule has 0 aliphatic carbocycles. The summed E-state index contributed by atoms with van der Waals surface area (Å²) in [6.07, 6.45) is 2.44. The lowest BCUT2D eigenvalue weighted by atomic mass is 9.99. The van der Waals surface area contributed by atoms with Crippen molar-refractivity contribution in [2.24, 2.45) is 5.92 Å². The molecular formula is C25H35N3O6. The van der Waals surface area contributed by atoms with Gasteiger partial charge >= 0.3 is 5.97 Å². The summed E-state index contributed by atoms with van der Waals surface area (Å²) in [6, 6.07) is 4.67. The van der Waals surface area contributed by atoms with Gasteiger partial charge in [0, 0.05) is 19.4 Å². The first-order valence-corrected chi connectivity index (χ1v) is 11.4. The van der Waals surface area contributed by atoms with Crippen molar-refractivity contribution < 1.29 is 29.0 Å². The van der Waals surface area contributed by atoms with Crippen LogP contribution in [0.4, 0.5) is 0 Å². The van der Waals surface area contributed by atoms with Crippen LogP contribution in [-0.4, -0.2) is 59.4 Å². The Labute approximate surface area is 200 Å². The van der Waals surface area contributed by atoms with Crippen LogP contribution >= 0.6 is 0 Å². The van der Waals surface area contributed by atoms with Crippen LogP contribution in [0.25, 0.3) is 0 Å². The minimum absolute atomic E-state index is 0.0595. The van der Waals surface area contributed by atoms with E-state index in [0.29, 0.717) is 18.4 Å². The highest BCUT2D eigenvalue weighted by molar-refractivity contribution is 5.90. The molecule has 0 bridgehead atoms. The van der Waals surface area contributed by atoms with Crippen LogP contribution in [0.2, 0.25) is 0 Å². The van der Waals surface area contributed by atoms with E-state index in [2.05, 4.69) is 10.6 Å². The van der Waals surface area contributed by atoms with E-state index in [1.54, 1.807) is 32.9 Å². The molecule has 186 valence electrons. The van der Waals surface area contributed by atoms with Crippen molar-refractivity contribution in [2.75, 3.05) is 13.6 Å². The molecule has 0 aromatic heterocycles. The zero-order chi connectivity index (χ0) is 25.4. The summed E-state index contributed by atoms with van der Waals surface area (Å²) in [5, 5.41) is 15.1. The number of ether oxygens (including phenoxy) is 1. The third kappa shape index (κ3) is 8.20. The Hall–Kier alpha value is -3.36. The van der Waals surface area contributed by atoms with E-state index in [1.165, 1.54) is 24.1 Å². The monoisotopic (exact) mass is 473 g/mol. The van der Waals surface area contributed by atoms with Crippen LogP contribution in [0.1, 0.15) is 58.6 Å². The van der Waals surface area contributed by atoms with E-state index in [1.807, 2.05) is 13.0 Å². The van der Waals surface area contributed by atoms with Gasteiger partial charge in [-0.1, -0.05) is 30.7 Å². The van der Waals surface area contributed by atoms with Crippen LogP contribution in [0.3, 0.4) is 0 Å². The number of nitrogens with zero attached hydrogens (tertiary/aromatic N) is 1. The SMILES string of the molecule is C/C1=C\C[C@@H](C)OC(=O)C[C@H](c2ccc(O)cc2)NC(=O)CN(C)C(=O)[C@H](C)NC(=O)[C@@H](C)C1. The van der Waals surface area contributed by atoms with E-state index in [9.17, 15) is 24.3 Å². The number of rotatable bonds is 1. The quantitative estimate of drug-likeness (QED) is 0.424. The second kappa shape index (κ2) is 12.2. The molecule has 0 saturated heterocycles. The molecule has 1 aliphatic heterocycles. The zero-order valence-corrected chi connectivity index (χ0v) is 20.5. The Bertz CT molecular complexity index is 927. The number of amides is 3. The van der Waals surface area contributed by atoms with Crippen molar-refractivity contribution in [3.63, 3.8) is 0 Å². The van der Waals surface area contributed by atoms with E-state index < -0.39 is 29.9 Å². The Morgan fingerprint density at radius 1 is 1.00 bits per heavy atom. The number of aromatic hydroxyl groups is 1. The van der Waals surface area contributed by atoms with Crippen LogP contribution < -0.4 is 10.6 Å². The number of cyclic esters (lactones) is 1. The summed E-state index contributed by atoms with van der Waals surface area (Å²) in [4.78, 5) is 51.8. The van der Waals surface area contributed by atoms with Crippen molar-refractivity contribution >= 4 is 23.7 Å². The fraction of sp³-hybridized carbons (Fsp3) is 0.520. The molecule has 3 N–H and O–H groups in total. The molecule has 9 nitrogen and oxygen atoms in total. The fourth-order valence-electron chi connectivity index (χ4n) is 3.75. The minimum Gasteiger partial charge on any atom is -0.508 e. The third-order valence-electron chi connectivity index (χ3n) is 5.69. The molecule has 4 atom stereocenters. The number of likely N-dealkylation sites (N-methyl/N-ethyl adjacent to an activating group) is 1. The number of phenolic OH excluding ortho intramolecular Hbond substituents is 1. The van der Waals surface area contributed by atoms with Gasteiger partial charge in [0.15, 0.2) is 0 Å². The number of benzene rings is 1. The standard InChI is InChI=1S/C25H35N3O6/c1-15-6-7-17(3)34-23(31)13-21(19-8-10-20(29)11-9-19)27-22(30)14-28(5)25(33)18(4)26-24(32)16(2)12-15/h6,8-11,16-18,21,29H,7,12-14H2,1-5H3,(H,26,32)(H,27,30)/b15-6+/t16-,17+,18-,21+/m0/s1. The predicted octanol–water partition coefficient (Wildman–Crippen LogP) is 2.21. The molecule has 0 radical (unpaired) electrons. The molecule has 0 spiro atoms. The van der Waals surface area contributed by atoms with Crippen LogP contribution in [0, 0.1) is 5.92 Å². The predicted molar refractivity (Wildman–Crippen MR) is 127 cm³/mol. The van der Waals surface area contributed by atoms with Crippen molar-refractivity contribution in [3.8, 4) is 5.75 Å². The van der Waals surface area contributed by atoms with Gasteiger partial charge in [-0.25, -0.2) is 0 Å². The third-order valence-corrected chi connectivity index (χ3v) is 5.69. The smallest absolute Gasteiger partial charge is 0.308 e. The van der Waals surface area contributed by atoms with Gasteiger partial charge in [0.25, 0.3) is 0 Å². The second-order valence-corrected chi connectivity index (χ2v) is 9.03. The Kier molecular flexibility index (Phi) is 9.65. The number of allylic oxidation sites excluding steroid dienone is 1. The maximum absolute atomic E-state index is 12.7. The highest BCUT2D eigenvalue weighted by Gasteiger charge is 2.26. The summed E-state index contributed by atoms with van der Waals surface area (Å²) < 4.78 is 5.53. The first-order chi connectivity index (χ1) is 16.0. The van der Waals surface area contributed by atoms with Crippen LogP contribution in [-0.2, 0) is 23.9 Å². The van der Waals surface area contributed by atoms with Gasteiger partial charge in [0.05, 0.1) is 19.0 Å². The van der Waals surface area contributed by atoms with Crippen LogP contribution in [0.5, 0.6) is 5.75 Å². The number of carbonyl (C=O) groups excluding carboxylic acids is 4. The van der Waals surface area contributed by atoms with Gasteiger partial charge in [-0.2, -0.15) is 0 Å². The number of hydrogen-bond acceptors (Lipinski definition) is 6. The van der Waals surface area contributed by atoms with E-state index in [-0.39, 0.29) is 36.6 Å². The molecule has 1 aliphatic rings. The van der Waals surface area contributed by atoms with Crippen molar-refractivity contribution in [1.29, 1.82) is 0 Å². The molecular weight excluding hydrogens is 438 g/mol. The fourth-order valence-corrected chi connectivity index (χ4v) is 3.75. The molecule has 0 fully saturated rings. The maximum Gasteiger partial charge on any atom is 0.308 e. The Balaban J connectivity index is 2.28. The highest BCUT2D eigenvalue weighted by Crippen LogP contribution is 2.21. The Morgan fingerprint density at radius 3 is 2.29 bits per heavy atom. The van der Waals surface area contributed by atoms with Crippen molar-refractivity contribution in [1.82, 2.24) is 15.5 Å². The van der Waals surface area contributed by atoms with E-state index in [0.717, 1.165) is 5.57 Å². The van der Waals surface area contributed by atoms with Gasteiger partial charge in [-0.05, 0) is 44.9 Å². The first-order valence-electron chi connectivity index (χ1n) is 11.4. The van der Waals surface area contributed by atoms with E-state index in [4.69, 9.17) is 4.74 Å². The Morgan fingerprint density at radius 2 is 1.65 bits per heavy atom. The topological polar surface area (TPSA) is 125 Å². The summed E-state index contributed by atoms with van der Waals surface area (Å²) >= 11 is 0. The average Bonchev–Trinajstić information content (AvgIpc) is 2.76. The lowest BCUT2D eigenvalue weighted by molar-refractivity contribution is -0.149. The number of nitrogens with one attached hydrogen (secondary N) is 2. The lowest BCUT2D eigenvalue weighted by Crippen LogP contribution is -2.49. The lowest BCUT2D eigenvalue weighted by Gasteiger charge is -2.25. The van der Waals surface area contributed by atoms with Gasteiger partial charge < -0.3 is 25.4 Å². The van der Waals surface area contributed by atoms with Gasteiger partial charge in [-0.15, -0.1) is 0 Å². The first kappa shape index (κ1) is 26.9. The molecule has 3 amide bonds. The summed E-state index contributed by atoms with van der Waals surface area (Å²) in [7, 11) is 1.48. The van der Waals surface area contributed by atoms with E-state index >= 15 is 0 Å². The van der Waals surface area contributed by atoms with Gasteiger partial charge in [-0.3, -0.25) is 19.2 Å². The van der Waals surface area contributed by atoms with Crippen LogP contribution in [0.15, 0.2) is 35.9 Å². The minimum atomic E-state index is -0.793. The van der Waals surface area contributed by atoms with Gasteiger partial charge in [0.2, 0.25) is 17.7 Å². The summed E-state index contributed by atoms with van der Waals surface area (Å²) in [5.41, 5.74) is 1.60. The molecule has 2 rings (SSSR count). The molecule has 1 aromatic rings. The van der Waals surface area contributed by atoms with Gasteiger partial charge in [0.1, 0.15) is 17.9 Å². The largest absolute Gasteiger partial charge is 0.508 e. The molecule has 0 unspecified atom stereocenters. The second-order valence-electron chi connectivity index (χ2n) is 9.03. The number of phenols is 1. The molecule has 0 saturated carbocycles. The molecule has 1 aromatic carbocycles. The molecule has 34 heavy (non-hydrogen) atoms. The normalized spacial score (nSPS) is 28.0. The summed E-state index contributed by atoms with van der Waals surface area (Å²) in [6.45, 7) is 6.81. The average molecular weight is 474 g/mol. The maximum atomic E-state index is 12.7. The number of carbonyl (C=O) groups is 4. The zero-order valence-electron chi connectivity index (χ0n) is 20.5. The highest BCUT2D eigenvalue weighted by atomic mass is 16.5. The summed E-state index contributed by atoms with van der Waals surface area (Å²) in [5.74, 6) is -1.89. The molecule has 1 heterocycles. The van der Waals surface area contributed by atoms with Crippen molar-refractivity contribution in [3.05, 3.63) is 41.5 Å².